The predicted octanol–water partition coefficient (Wildman–Crippen LogP) is 2.37. The molecule has 1 aromatic carbocycles. The molecule has 1 rings (SSSR count). The van der Waals surface area contributed by atoms with Gasteiger partial charge in [-0.2, -0.15) is 0 Å². The molecule has 0 aliphatic heterocycles. The van der Waals surface area contributed by atoms with E-state index in [0.29, 0.717) is 0 Å². The van der Waals surface area contributed by atoms with Crippen molar-refractivity contribution in [2.24, 2.45) is 5.92 Å². The van der Waals surface area contributed by atoms with Crippen molar-refractivity contribution in [3.8, 4) is 5.75 Å². The molecule has 4 heteroatoms. The van der Waals surface area contributed by atoms with Crippen LogP contribution < -0.4 is 10.1 Å². The summed E-state index contributed by atoms with van der Waals surface area (Å²) >= 11 is 0. The van der Waals surface area contributed by atoms with Crippen LogP contribution in [0.4, 0.5) is 0 Å². The zero-order valence-electron chi connectivity index (χ0n) is 11.4. The van der Waals surface area contributed by atoms with Crippen molar-refractivity contribution in [3.05, 3.63) is 29.3 Å². The van der Waals surface area contributed by atoms with Gasteiger partial charge in [-0.05, 0) is 26.0 Å². The van der Waals surface area contributed by atoms with Crippen LogP contribution in [0, 0.1) is 12.8 Å². The molecular formula is C14H21NO3. The predicted molar refractivity (Wildman–Crippen MR) is 70.9 cm³/mol. The number of benzene rings is 1. The minimum atomic E-state index is -0.783. The number of carbonyl (C=O) groups is 1. The molecule has 0 radical (unpaired) electrons. The van der Waals surface area contributed by atoms with Gasteiger partial charge in [-0.25, -0.2) is 0 Å². The fourth-order valence-electron chi connectivity index (χ4n) is 2.24. The van der Waals surface area contributed by atoms with Crippen LogP contribution >= 0.6 is 0 Å². The Morgan fingerprint density at radius 1 is 1.50 bits per heavy atom. The summed E-state index contributed by atoms with van der Waals surface area (Å²) in [4.78, 5) is 10.8. The standard InChI is InChI=1S/C14H21NO3/c1-9-5-6-12(18-4)11(7-9)14(15-3)10(2)8-13(16)17/h5-7,10,14-15H,8H2,1-4H3,(H,16,17). The fourth-order valence-corrected chi connectivity index (χ4v) is 2.24. The van der Waals surface area contributed by atoms with Crippen LogP contribution in [-0.2, 0) is 4.79 Å². The molecule has 2 N–H and O–H groups in total. The highest BCUT2D eigenvalue weighted by Crippen LogP contribution is 2.32. The monoisotopic (exact) mass is 251 g/mol. The summed E-state index contributed by atoms with van der Waals surface area (Å²) in [5, 5.41) is 12.1. The second-order valence-corrected chi connectivity index (χ2v) is 4.59. The van der Waals surface area contributed by atoms with Crippen molar-refractivity contribution in [2.45, 2.75) is 26.3 Å². The molecule has 0 amide bonds. The Hall–Kier alpha value is -1.55. The number of methoxy groups -OCH3 is 1. The molecule has 0 heterocycles. The maximum absolute atomic E-state index is 10.8. The molecule has 0 bridgehead atoms. The Balaban J connectivity index is 3.07. The van der Waals surface area contributed by atoms with E-state index in [-0.39, 0.29) is 18.4 Å². The largest absolute Gasteiger partial charge is 0.496 e. The van der Waals surface area contributed by atoms with Gasteiger partial charge < -0.3 is 15.2 Å². The molecule has 1 aromatic rings. The van der Waals surface area contributed by atoms with Gasteiger partial charge >= 0.3 is 5.97 Å². The van der Waals surface area contributed by atoms with E-state index in [9.17, 15) is 4.79 Å². The summed E-state index contributed by atoms with van der Waals surface area (Å²) in [6.07, 6.45) is 0.128. The number of carboxylic acid groups (broad SMARTS) is 1. The van der Waals surface area contributed by atoms with Crippen molar-refractivity contribution in [3.63, 3.8) is 0 Å². The Morgan fingerprint density at radius 3 is 2.67 bits per heavy atom. The lowest BCUT2D eigenvalue weighted by Crippen LogP contribution is -2.25. The normalized spacial score (nSPS) is 14.0. The molecule has 4 nitrogen and oxygen atoms in total. The fraction of sp³-hybridized carbons (Fsp3) is 0.500. The van der Waals surface area contributed by atoms with Gasteiger partial charge in [-0.15, -0.1) is 0 Å². The SMILES string of the molecule is CNC(c1cc(C)ccc1OC)C(C)CC(=O)O. The molecule has 0 aliphatic carbocycles. The van der Waals surface area contributed by atoms with E-state index in [1.807, 2.05) is 39.1 Å². The molecule has 0 spiro atoms. The highest BCUT2D eigenvalue weighted by Gasteiger charge is 2.23. The van der Waals surface area contributed by atoms with Crippen molar-refractivity contribution in [1.82, 2.24) is 5.32 Å². The molecule has 2 atom stereocenters. The van der Waals surface area contributed by atoms with Crippen molar-refractivity contribution in [1.29, 1.82) is 0 Å². The summed E-state index contributed by atoms with van der Waals surface area (Å²) in [6.45, 7) is 3.94. The van der Waals surface area contributed by atoms with E-state index >= 15 is 0 Å². The smallest absolute Gasteiger partial charge is 0.303 e. The molecule has 100 valence electrons. The van der Waals surface area contributed by atoms with Crippen LogP contribution in [0.15, 0.2) is 18.2 Å². The van der Waals surface area contributed by atoms with Crippen LogP contribution in [0.2, 0.25) is 0 Å². The van der Waals surface area contributed by atoms with Crippen LogP contribution in [0.1, 0.15) is 30.5 Å². The van der Waals surface area contributed by atoms with Crippen LogP contribution in [0.25, 0.3) is 0 Å². The summed E-state index contributed by atoms with van der Waals surface area (Å²) in [5.41, 5.74) is 2.14. The lowest BCUT2D eigenvalue weighted by Gasteiger charge is -2.25. The average molecular weight is 251 g/mol. The first-order valence-corrected chi connectivity index (χ1v) is 6.03. The molecule has 0 aliphatic rings. The van der Waals surface area contributed by atoms with E-state index < -0.39 is 5.97 Å². The number of aliphatic carboxylic acids is 1. The highest BCUT2D eigenvalue weighted by atomic mass is 16.5. The van der Waals surface area contributed by atoms with E-state index in [1.54, 1.807) is 7.11 Å². The number of carboxylic acids is 1. The molecule has 2 unspecified atom stereocenters. The topological polar surface area (TPSA) is 58.6 Å². The third-order valence-corrected chi connectivity index (χ3v) is 3.10. The number of aryl methyl sites for hydroxylation is 1. The van der Waals surface area contributed by atoms with Crippen molar-refractivity contribution < 1.29 is 14.6 Å². The summed E-state index contributed by atoms with van der Waals surface area (Å²) in [6, 6.07) is 5.91. The van der Waals surface area contributed by atoms with Crippen molar-refractivity contribution >= 4 is 5.97 Å². The Bertz CT molecular complexity index is 418. The first-order valence-electron chi connectivity index (χ1n) is 6.03. The quantitative estimate of drug-likeness (QED) is 0.815. The lowest BCUT2D eigenvalue weighted by atomic mass is 9.90. The minimum Gasteiger partial charge on any atom is -0.496 e. The van der Waals surface area contributed by atoms with E-state index in [4.69, 9.17) is 9.84 Å². The summed E-state index contributed by atoms with van der Waals surface area (Å²) in [5.74, 6) is -0.00485. The van der Waals surface area contributed by atoms with E-state index in [2.05, 4.69) is 5.32 Å². The zero-order valence-corrected chi connectivity index (χ0v) is 11.4. The van der Waals surface area contributed by atoms with E-state index in [1.165, 1.54) is 0 Å². The zero-order chi connectivity index (χ0) is 13.7. The van der Waals surface area contributed by atoms with Crippen LogP contribution in [-0.4, -0.2) is 25.2 Å². The molecule has 0 saturated heterocycles. The van der Waals surface area contributed by atoms with Gasteiger partial charge in [0.15, 0.2) is 0 Å². The van der Waals surface area contributed by atoms with Gasteiger partial charge in [0.2, 0.25) is 0 Å². The second-order valence-electron chi connectivity index (χ2n) is 4.59. The molecule has 0 fully saturated rings. The van der Waals surface area contributed by atoms with Gasteiger partial charge in [0, 0.05) is 18.0 Å². The Morgan fingerprint density at radius 2 is 2.17 bits per heavy atom. The molecule has 0 saturated carbocycles. The number of hydrogen-bond donors (Lipinski definition) is 2. The number of rotatable bonds is 6. The summed E-state index contributed by atoms with van der Waals surface area (Å²) in [7, 11) is 3.47. The van der Waals surface area contributed by atoms with Crippen LogP contribution in [0.3, 0.4) is 0 Å². The number of ether oxygens (including phenoxy) is 1. The Kier molecular flexibility index (Phi) is 5.16. The molecular weight excluding hydrogens is 230 g/mol. The van der Waals surface area contributed by atoms with Gasteiger partial charge in [-0.1, -0.05) is 24.6 Å². The average Bonchev–Trinajstić information content (AvgIpc) is 2.29. The third kappa shape index (κ3) is 3.47. The van der Waals surface area contributed by atoms with E-state index in [0.717, 1.165) is 16.9 Å². The maximum Gasteiger partial charge on any atom is 0.303 e. The van der Waals surface area contributed by atoms with Crippen LogP contribution in [0.5, 0.6) is 5.75 Å². The van der Waals surface area contributed by atoms with Gasteiger partial charge in [0.05, 0.1) is 7.11 Å². The lowest BCUT2D eigenvalue weighted by molar-refractivity contribution is -0.138. The van der Waals surface area contributed by atoms with Crippen molar-refractivity contribution in [2.75, 3.05) is 14.2 Å². The summed E-state index contributed by atoms with van der Waals surface area (Å²) < 4.78 is 5.35. The first kappa shape index (κ1) is 14.5. The molecule has 0 aromatic heterocycles. The maximum atomic E-state index is 10.8. The third-order valence-electron chi connectivity index (χ3n) is 3.10. The number of nitrogens with one attached hydrogen (secondary N) is 1. The van der Waals surface area contributed by atoms with Gasteiger partial charge in [-0.3, -0.25) is 4.79 Å². The second kappa shape index (κ2) is 6.40. The Labute approximate surface area is 108 Å². The molecule has 18 heavy (non-hydrogen) atoms. The number of hydrogen-bond acceptors (Lipinski definition) is 3. The minimum absolute atomic E-state index is 0.0109. The highest BCUT2D eigenvalue weighted by molar-refractivity contribution is 5.67. The van der Waals surface area contributed by atoms with Gasteiger partial charge in [0.1, 0.15) is 5.75 Å². The first-order chi connectivity index (χ1) is 8.49. The van der Waals surface area contributed by atoms with Gasteiger partial charge in [0.25, 0.3) is 0 Å².